The van der Waals surface area contributed by atoms with Gasteiger partial charge in [0.05, 0.1) is 18.0 Å². The number of nitrogens with zero attached hydrogens (tertiary/aromatic N) is 1. The molecule has 0 saturated carbocycles. The van der Waals surface area contributed by atoms with E-state index < -0.39 is 0 Å². The van der Waals surface area contributed by atoms with Crippen LogP contribution in [0.1, 0.15) is 30.9 Å². The Balaban J connectivity index is 1.97. The Hall–Kier alpha value is -1.34. The second-order valence-corrected chi connectivity index (χ2v) is 8.17. The lowest BCUT2D eigenvalue weighted by molar-refractivity contribution is -0.120. The highest BCUT2D eigenvalue weighted by atomic mass is 32.2. The molecule has 0 spiro atoms. The number of amides is 2. The van der Waals surface area contributed by atoms with Crippen molar-refractivity contribution in [1.82, 2.24) is 5.32 Å². The number of methoxy groups -OCH3 is 1. The largest absolute Gasteiger partial charge is 0.495 e. The number of rotatable bonds is 5. The minimum atomic E-state index is -0.144. The van der Waals surface area contributed by atoms with Crippen LogP contribution in [0, 0.1) is 0 Å². The van der Waals surface area contributed by atoms with Gasteiger partial charge in [-0.25, -0.2) is 0 Å². The maximum absolute atomic E-state index is 12.4. The molecule has 2 amide bonds. The lowest BCUT2D eigenvalue weighted by Gasteiger charge is -2.32. The third kappa shape index (κ3) is 3.24. The van der Waals surface area contributed by atoms with Gasteiger partial charge in [0.2, 0.25) is 11.8 Å². The van der Waals surface area contributed by atoms with Crippen LogP contribution >= 0.6 is 24.4 Å². The normalized spacial score (nSPS) is 23.2. The van der Waals surface area contributed by atoms with Crippen molar-refractivity contribution in [2.45, 2.75) is 42.6 Å². The van der Waals surface area contributed by atoms with Gasteiger partial charge in [0.1, 0.15) is 10.5 Å². The van der Waals surface area contributed by atoms with E-state index in [9.17, 15) is 9.59 Å². The zero-order valence-corrected chi connectivity index (χ0v) is 15.6. The number of hydrogen-bond donors (Lipinski definition) is 2. The molecule has 130 valence electrons. The second kappa shape index (κ2) is 7.27. The summed E-state index contributed by atoms with van der Waals surface area (Å²) in [7, 11) is 1.63. The molecule has 1 aromatic rings. The van der Waals surface area contributed by atoms with Crippen LogP contribution in [-0.4, -0.2) is 35.4 Å². The summed E-state index contributed by atoms with van der Waals surface area (Å²) >= 11 is 5.85. The molecule has 1 N–H and O–H groups in total. The van der Waals surface area contributed by atoms with Crippen molar-refractivity contribution in [2.24, 2.45) is 0 Å². The first kappa shape index (κ1) is 17.5. The van der Waals surface area contributed by atoms with E-state index >= 15 is 0 Å². The van der Waals surface area contributed by atoms with Crippen LogP contribution in [0.3, 0.4) is 0 Å². The van der Waals surface area contributed by atoms with Gasteiger partial charge in [-0.05, 0) is 36.5 Å². The van der Waals surface area contributed by atoms with Crippen LogP contribution in [-0.2, 0) is 22.4 Å². The topological polar surface area (TPSA) is 58.6 Å². The summed E-state index contributed by atoms with van der Waals surface area (Å²) in [5, 5.41) is 2.69. The van der Waals surface area contributed by atoms with E-state index in [1.54, 1.807) is 7.11 Å². The van der Waals surface area contributed by atoms with Crippen molar-refractivity contribution < 1.29 is 14.3 Å². The van der Waals surface area contributed by atoms with Crippen molar-refractivity contribution in [3.8, 4) is 5.75 Å². The number of ether oxygens (including phenoxy) is 1. The third-order valence-electron chi connectivity index (χ3n) is 4.43. The van der Waals surface area contributed by atoms with Gasteiger partial charge in [-0.1, -0.05) is 13.0 Å². The molecule has 0 bridgehead atoms. The van der Waals surface area contributed by atoms with E-state index in [0.29, 0.717) is 25.8 Å². The van der Waals surface area contributed by atoms with Crippen LogP contribution in [0.5, 0.6) is 5.75 Å². The highest BCUT2D eigenvalue weighted by molar-refractivity contribution is 8.11. The summed E-state index contributed by atoms with van der Waals surface area (Å²) in [5.41, 5.74) is 3.15. The summed E-state index contributed by atoms with van der Waals surface area (Å²) in [4.78, 5) is 26.2. The zero-order valence-electron chi connectivity index (χ0n) is 13.9. The quantitative estimate of drug-likeness (QED) is 0.786. The van der Waals surface area contributed by atoms with Crippen molar-refractivity contribution in [3.05, 3.63) is 23.3 Å². The van der Waals surface area contributed by atoms with Crippen LogP contribution in [0.2, 0.25) is 0 Å². The number of thioether (sulfide) groups is 1. The Morgan fingerprint density at radius 3 is 2.79 bits per heavy atom. The molecule has 1 fully saturated rings. The van der Waals surface area contributed by atoms with E-state index in [-0.39, 0.29) is 21.8 Å². The van der Waals surface area contributed by atoms with Crippen molar-refractivity contribution >= 4 is 41.9 Å². The predicted octanol–water partition coefficient (Wildman–Crippen LogP) is 2.37. The van der Waals surface area contributed by atoms with Gasteiger partial charge in [0.15, 0.2) is 0 Å². The molecule has 2 atom stereocenters. The molecular formula is C17H22N2O3S2. The lowest BCUT2D eigenvalue weighted by Crippen LogP contribution is -2.36. The van der Waals surface area contributed by atoms with E-state index in [0.717, 1.165) is 29.0 Å². The monoisotopic (exact) mass is 366 g/mol. The summed E-state index contributed by atoms with van der Waals surface area (Å²) < 4.78 is 5.37. The molecule has 0 radical (unpaired) electrons. The van der Waals surface area contributed by atoms with Gasteiger partial charge in [0, 0.05) is 13.0 Å². The molecule has 5 nitrogen and oxygen atoms in total. The maximum atomic E-state index is 12.4. The SMILES string of the molecule is CCCN1C(=O)CCc2c(CC3SC(S)NC3=O)ccc(OC)c21. The van der Waals surface area contributed by atoms with E-state index in [1.807, 2.05) is 17.0 Å². The number of thiol groups is 1. The number of hydrogen-bond acceptors (Lipinski definition) is 5. The van der Waals surface area contributed by atoms with E-state index in [1.165, 1.54) is 11.8 Å². The Morgan fingerprint density at radius 1 is 1.38 bits per heavy atom. The number of benzene rings is 1. The standard InChI is InChI=1S/C17H22N2O3S2/c1-3-8-19-14(20)7-5-11-10(4-6-12(22-2)15(11)19)9-13-16(21)18-17(23)24-13/h4,6,13,17,23H,3,5,7-9H2,1-2H3,(H,18,21). The Kier molecular flexibility index (Phi) is 5.30. The summed E-state index contributed by atoms with van der Waals surface area (Å²) in [5.74, 6) is 0.899. The average molecular weight is 367 g/mol. The molecule has 2 aliphatic heterocycles. The summed E-state index contributed by atoms with van der Waals surface area (Å²) in [6.45, 7) is 2.74. The van der Waals surface area contributed by atoms with Crippen molar-refractivity contribution in [1.29, 1.82) is 0 Å². The molecule has 1 aromatic carbocycles. The van der Waals surface area contributed by atoms with Crippen molar-refractivity contribution in [3.63, 3.8) is 0 Å². The smallest absolute Gasteiger partial charge is 0.235 e. The molecule has 3 rings (SSSR count). The first-order valence-electron chi connectivity index (χ1n) is 8.18. The molecule has 1 saturated heterocycles. The van der Waals surface area contributed by atoms with Gasteiger partial charge in [-0.2, -0.15) is 0 Å². The molecule has 2 aliphatic rings. The first-order chi connectivity index (χ1) is 11.5. The summed E-state index contributed by atoms with van der Waals surface area (Å²) in [6, 6.07) is 3.93. The van der Waals surface area contributed by atoms with Crippen LogP contribution in [0.25, 0.3) is 0 Å². The fraction of sp³-hybridized carbons (Fsp3) is 0.529. The minimum absolute atomic E-state index is 0.0295. The van der Waals surface area contributed by atoms with Gasteiger partial charge in [-0.15, -0.1) is 24.4 Å². The van der Waals surface area contributed by atoms with E-state index in [4.69, 9.17) is 4.74 Å². The lowest BCUT2D eigenvalue weighted by atomic mass is 9.92. The zero-order chi connectivity index (χ0) is 17.3. The number of carbonyl (C=O) groups is 2. The molecule has 0 aromatic heterocycles. The minimum Gasteiger partial charge on any atom is -0.495 e. The fourth-order valence-corrected chi connectivity index (χ4v) is 4.88. The van der Waals surface area contributed by atoms with Gasteiger partial charge in [-0.3, -0.25) is 9.59 Å². The Labute approximate surface area is 151 Å². The first-order valence-corrected chi connectivity index (χ1v) is 9.64. The van der Waals surface area contributed by atoms with E-state index in [2.05, 4.69) is 24.9 Å². The third-order valence-corrected chi connectivity index (χ3v) is 6.01. The number of anilines is 1. The highest BCUT2D eigenvalue weighted by Crippen LogP contribution is 2.40. The number of carbonyl (C=O) groups excluding carboxylic acids is 2. The molecular weight excluding hydrogens is 344 g/mol. The molecule has 2 unspecified atom stereocenters. The molecule has 2 heterocycles. The second-order valence-electron chi connectivity index (χ2n) is 5.99. The fourth-order valence-electron chi connectivity index (χ4n) is 3.35. The van der Waals surface area contributed by atoms with Crippen LogP contribution in [0.15, 0.2) is 12.1 Å². The van der Waals surface area contributed by atoms with Crippen molar-refractivity contribution in [2.75, 3.05) is 18.6 Å². The summed E-state index contributed by atoms with van der Waals surface area (Å²) in [6.07, 6.45) is 2.74. The maximum Gasteiger partial charge on any atom is 0.235 e. The van der Waals surface area contributed by atoms with Gasteiger partial charge in [0.25, 0.3) is 0 Å². The predicted molar refractivity (Wildman–Crippen MR) is 100.0 cm³/mol. The number of nitrogens with one attached hydrogen (secondary N) is 1. The van der Waals surface area contributed by atoms with Gasteiger partial charge >= 0.3 is 0 Å². The number of fused-ring (bicyclic) bond motifs is 1. The van der Waals surface area contributed by atoms with Crippen LogP contribution < -0.4 is 15.0 Å². The molecule has 7 heteroatoms. The van der Waals surface area contributed by atoms with Gasteiger partial charge < -0.3 is 15.0 Å². The molecule has 0 aliphatic carbocycles. The molecule has 24 heavy (non-hydrogen) atoms. The Morgan fingerprint density at radius 2 is 2.17 bits per heavy atom. The van der Waals surface area contributed by atoms with Crippen LogP contribution in [0.4, 0.5) is 5.69 Å². The average Bonchev–Trinajstić information content (AvgIpc) is 2.87. The Bertz CT molecular complexity index is 665. The highest BCUT2D eigenvalue weighted by Gasteiger charge is 2.34.